The topological polar surface area (TPSA) is 24.5 Å². The normalized spacial score (nSPS) is 12.4. The summed E-state index contributed by atoms with van der Waals surface area (Å²) in [6.45, 7) is 6.92. The molecule has 0 heterocycles. The molecule has 0 saturated carbocycles. The second-order valence-electron chi connectivity index (χ2n) is 3.46. The van der Waals surface area contributed by atoms with Gasteiger partial charge in [-0.15, -0.1) is 0 Å². The molecule has 0 aliphatic heterocycles. The van der Waals surface area contributed by atoms with Gasteiger partial charge in [0.1, 0.15) is 6.61 Å². The van der Waals surface area contributed by atoms with Crippen molar-refractivity contribution in [1.82, 2.24) is 10.2 Å². The van der Waals surface area contributed by atoms with Crippen LogP contribution in [0.2, 0.25) is 0 Å². The molecule has 0 aromatic carbocycles. The molecule has 0 radical (unpaired) electrons. The number of ether oxygens (including phenoxy) is 1. The van der Waals surface area contributed by atoms with Gasteiger partial charge in [-0.2, -0.15) is 13.2 Å². The standard InChI is InChI=1S/C10H21F3N2O/c1-3-14-5-6-15(4-2)7-8-16-9-10(11,12)13/h14H,3-9H2,1-2H3. The van der Waals surface area contributed by atoms with Crippen molar-refractivity contribution in [3.63, 3.8) is 0 Å². The van der Waals surface area contributed by atoms with Gasteiger partial charge in [0.15, 0.2) is 0 Å². The van der Waals surface area contributed by atoms with Crippen molar-refractivity contribution in [3.8, 4) is 0 Å². The van der Waals surface area contributed by atoms with Gasteiger partial charge in [-0.25, -0.2) is 0 Å². The van der Waals surface area contributed by atoms with Crippen LogP contribution in [0.5, 0.6) is 0 Å². The zero-order chi connectivity index (χ0) is 12.4. The predicted octanol–water partition coefficient (Wildman–Crippen LogP) is 1.50. The second-order valence-corrected chi connectivity index (χ2v) is 3.46. The summed E-state index contributed by atoms with van der Waals surface area (Å²) in [5, 5.41) is 3.17. The van der Waals surface area contributed by atoms with Crippen LogP contribution in [0.4, 0.5) is 13.2 Å². The fourth-order valence-electron chi connectivity index (χ4n) is 1.22. The van der Waals surface area contributed by atoms with Gasteiger partial charge < -0.3 is 15.0 Å². The van der Waals surface area contributed by atoms with E-state index >= 15 is 0 Å². The maximum atomic E-state index is 11.8. The molecule has 0 aromatic heterocycles. The molecule has 98 valence electrons. The number of nitrogens with one attached hydrogen (secondary N) is 1. The Hall–Kier alpha value is -0.330. The van der Waals surface area contributed by atoms with Gasteiger partial charge in [0, 0.05) is 19.6 Å². The quantitative estimate of drug-likeness (QED) is 0.620. The molecule has 6 heteroatoms. The summed E-state index contributed by atoms with van der Waals surface area (Å²) >= 11 is 0. The van der Waals surface area contributed by atoms with E-state index in [1.54, 1.807) is 0 Å². The highest BCUT2D eigenvalue weighted by Gasteiger charge is 2.27. The molecule has 0 aromatic rings. The van der Waals surface area contributed by atoms with Crippen LogP contribution in [0.25, 0.3) is 0 Å². The molecule has 0 bridgehead atoms. The van der Waals surface area contributed by atoms with Crippen LogP contribution in [0.1, 0.15) is 13.8 Å². The Kier molecular flexibility index (Phi) is 8.60. The van der Waals surface area contributed by atoms with Crippen LogP contribution in [0.3, 0.4) is 0 Å². The Morgan fingerprint density at radius 1 is 1.19 bits per heavy atom. The SMILES string of the molecule is CCNCCN(CC)CCOCC(F)(F)F. The maximum absolute atomic E-state index is 11.8. The van der Waals surface area contributed by atoms with E-state index in [-0.39, 0.29) is 6.61 Å². The summed E-state index contributed by atoms with van der Waals surface area (Å²) < 4.78 is 39.8. The van der Waals surface area contributed by atoms with Crippen molar-refractivity contribution >= 4 is 0 Å². The molecule has 16 heavy (non-hydrogen) atoms. The summed E-state index contributed by atoms with van der Waals surface area (Å²) in [6, 6.07) is 0. The van der Waals surface area contributed by atoms with Gasteiger partial charge in [-0.05, 0) is 13.1 Å². The number of likely N-dealkylation sites (N-methyl/N-ethyl adjacent to an activating group) is 2. The van der Waals surface area contributed by atoms with Gasteiger partial charge in [0.25, 0.3) is 0 Å². The van der Waals surface area contributed by atoms with Crippen molar-refractivity contribution in [2.45, 2.75) is 20.0 Å². The van der Waals surface area contributed by atoms with Crippen molar-refractivity contribution in [1.29, 1.82) is 0 Å². The molecule has 0 amide bonds. The summed E-state index contributed by atoms with van der Waals surface area (Å²) in [4.78, 5) is 2.05. The van der Waals surface area contributed by atoms with Gasteiger partial charge >= 0.3 is 6.18 Å². The summed E-state index contributed by atoms with van der Waals surface area (Å²) in [5.74, 6) is 0. The third-order valence-electron chi connectivity index (χ3n) is 2.12. The third-order valence-corrected chi connectivity index (χ3v) is 2.12. The largest absolute Gasteiger partial charge is 0.411 e. The van der Waals surface area contributed by atoms with Crippen LogP contribution >= 0.6 is 0 Å². The smallest absolute Gasteiger partial charge is 0.371 e. The van der Waals surface area contributed by atoms with Gasteiger partial charge in [-0.3, -0.25) is 0 Å². The van der Waals surface area contributed by atoms with Crippen molar-refractivity contribution in [2.24, 2.45) is 0 Å². The maximum Gasteiger partial charge on any atom is 0.411 e. The molecule has 0 unspecified atom stereocenters. The van der Waals surface area contributed by atoms with Crippen LogP contribution in [0.15, 0.2) is 0 Å². The van der Waals surface area contributed by atoms with E-state index in [0.29, 0.717) is 6.54 Å². The van der Waals surface area contributed by atoms with E-state index in [9.17, 15) is 13.2 Å². The summed E-state index contributed by atoms with van der Waals surface area (Å²) in [5.41, 5.74) is 0. The van der Waals surface area contributed by atoms with Crippen molar-refractivity contribution in [3.05, 3.63) is 0 Å². The fourth-order valence-corrected chi connectivity index (χ4v) is 1.22. The van der Waals surface area contributed by atoms with Crippen LogP contribution < -0.4 is 5.32 Å². The zero-order valence-corrected chi connectivity index (χ0v) is 9.94. The number of hydrogen-bond acceptors (Lipinski definition) is 3. The predicted molar refractivity (Wildman–Crippen MR) is 57.5 cm³/mol. The van der Waals surface area contributed by atoms with Gasteiger partial charge in [0.05, 0.1) is 6.61 Å². The number of alkyl halides is 3. The van der Waals surface area contributed by atoms with Crippen LogP contribution in [0, 0.1) is 0 Å². The van der Waals surface area contributed by atoms with E-state index in [1.807, 2.05) is 13.8 Å². The minimum Gasteiger partial charge on any atom is -0.371 e. The highest BCUT2D eigenvalue weighted by molar-refractivity contribution is 4.57. The molecule has 0 rings (SSSR count). The fraction of sp³-hybridized carbons (Fsp3) is 1.00. The van der Waals surface area contributed by atoms with Crippen molar-refractivity contribution in [2.75, 3.05) is 45.9 Å². The Morgan fingerprint density at radius 2 is 1.88 bits per heavy atom. The first-order valence-electron chi connectivity index (χ1n) is 5.57. The zero-order valence-electron chi connectivity index (χ0n) is 9.94. The van der Waals surface area contributed by atoms with Crippen molar-refractivity contribution < 1.29 is 17.9 Å². The molecule has 1 N–H and O–H groups in total. The average molecular weight is 242 g/mol. The van der Waals surface area contributed by atoms with Crippen LogP contribution in [-0.4, -0.2) is 57.0 Å². The first kappa shape index (κ1) is 15.7. The van der Waals surface area contributed by atoms with Gasteiger partial charge in [-0.1, -0.05) is 13.8 Å². The molecular formula is C10H21F3N2O. The Balaban J connectivity index is 3.47. The lowest BCUT2D eigenvalue weighted by Gasteiger charge is -2.20. The van der Waals surface area contributed by atoms with E-state index in [4.69, 9.17) is 0 Å². The van der Waals surface area contributed by atoms with Crippen LogP contribution in [-0.2, 0) is 4.74 Å². The Bertz CT molecular complexity index is 165. The molecule has 3 nitrogen and oxygen atoms in total. The van der Waals surface area contributed by atoms with E-state index in [0.717, 1.165) is 26.2 Å². The lowest BCUT2D eigenvalue weighted by molar-refractivity contribution is -0.174. The minimum atomic E-state index is -4.22. The number of nitrogens with zero attached hydrogens (tertiary/aromatic N) is 1. The number of hydrogen-bond donors (Lipinski definition) is 1. The number of halogens is 3. The first-order chi connectivity index (χ1) is 7.49. The number of rotatable bonds is 9. The highest BCUT2D eigenvalue weighted by Crippen LogP contribution is 2.14. The average Bonchev–Trinajstić information content (AvgIpc) is 2.20. The molecule has 0 fully saturated rings. The lowest BCUT2D eigenvalue weighted by Crippen LogP contribution is -2.34. The second kappa shape index (κ2) is 8.78. The molecule has 0 saturated heterocycles. The summed E-state index contributed by atoms with van der Waals surface area (Å²) in [7, 11) is 0. The monoisotopic (exact) mass is 242 g/mol. The van der Waals surface area contributed by atoms with Gasteiger partial charge in [0.2, 0.25) is 0 Å². The molecule has 0 aliphatic rings. The molecule has 0 spiro atoms. The molecular weight excluding hydrogens is 221 g/mol. The van der Waals surface area contributed by atoms with E-state index in [1.165, 1.54) is 0 Å². The Morgan fingerprint density at radius 3 is 2.38 bits per heavy atom. The first-order valence-corrected chi connectivity index (χ1v) is 5.57. The minimum absolute atomic E-state index is 0.124. The lowest BCUT2D eigenvalue weighted by atomic mass is 10.4. The molecule has 0 atom stereocenters. The Labute approximate surface area is 94.9 Å². The molecule has 0 aliphatic carbocycles. The van der Waals surface area contributed by atoms with E-state index in [2.05, 4.69) is 15.0 Å². The van der Waals surface area contributed by atoms with E-state index < -0.39 is 12.8 Å². The summed E-state index contributed by atoms with van der Waals surface area (Å²) in [6.07, 6.45) is -4.22. The third kappa shape index (κ3) is 10.2. The highest BCUT2D eigenvalue weighted by atomic mass is 19.4.